The van der Waals surface area contributed by atoms with Crippen LogP contribution < -0.4 is 5.32 Å². The summed E-state index contributed by atoms with van der Waals surface area (Å²) in [6, 6.07) is 18.1. The Labute approximate surface area is 126 Å². The SMILES string of the molecule is CCNC(C)c1ccc(SCc2ccc(C)cc2)cc1. The van der Waals surface area contributed by atoms with Crippen molar-refractivity contribution in [2.45, 2.75) is 37.5 Å². The van der Waals surface area contributed by atoms with E-state index in [2.05, 4.69) is 74.6 Å². The number of thioether (sulfide) groups is 1. The Morgan fingerprint density at radius 2 is 1.65 bits per heavy atom. The molecule has 0 saturated heterocycles. The van der Waals surface area contributed by atoms with Crippen molar-refractivity contribution < 1.29 is 0 Å². The summed E-state index contributed by atoms with van der Waals surface area (Å²) in [6.07, 6.45) is 0. The highest BCUT2D eigenvalue weighted by Gasteiger charge is 2.03. The number of benzene rings is 2. The normalized spacial score (nSPS) is 12.3. The molecule has 0 heterocycles. The summed E-state index contributed by atoms with van der Waals surface area (Å²) < 4.78 is 0. The lowest BCUT2D eigenvalue weighted by Gasteiger charge is -2.13. The van der Waals surface area contributed by atoms with Gasteiger partial charge >= 0.3 is 0 Å². The number of nitrogens with one attached hydrogen (secondary N) is 1. The standard InChI is InChI=1S/C18H23NS/c1-4-19-15(3)17-9-11-18(12-10-17)20-13-16-7-5-14(2)6-8-16/h5-12,15,19H,4,13H2,1-3H3. The molecular weight excluding hydrogens is 262 g/mol. The maximum absolute atomic E-state index is 3.44. The first kappa shape index (κ1) is 15.1. The molecular formula is C18H23NS. The second kappa shape index (κ2) is 7.51. The van der Waals surface area contributed by atoms with E-state index in [4.69, 9.17) is 0 Å². The van der Waals surface area contributed by atoms with Crippen molar-refractivity contribution in [3.8, 4) is 0 Å². The number of aryl methyl sites for hydroxylation is 1. The lowest BCUT2D eigenvalue weighted by molar-refractivity contribution is 0.598. The fraction of sp³-hybridized carbons (Fsp3) is 0.333. The highest BCUT2D eigenvalue weighted by Crippen LogP contribution is 2.24. The number of rotatable bonds is 6. The summed E-state index contributed by atoms with van der Waals surface area (Å²) in [6.45, 7) is 7.48. The Morgan fingerprint density at radius 3 is 2.25 bits per heavy atom. The molecule has 0 aliphatic heterocycles. The predicted molar refractivity (Wildman–Crippen MR) is 89.3 cm³/mol. The third kappa shape index (κ3) is 4.39. The minimum absolute atomic E-state index is 0.427. The molecule has 0 fully saturated rings. The zero-order valence-electron chi connectivity index (χ0n) is 12.5. The molecule has 0 aromatic heterocycles. The fourth-order valence-corrected chi connectivity index (χ4v) is 2.98. The van der Waals surface area contributed by atoms with Crippen LogP contribution in [0.4, 0.5) is 0 Å². The van der Waals surface area contributed by atoms with E-state index in [9.17, 15) is 0 Å². The zero-order chi connectivity index (χ0) is 14.4. The average Bonchev–Trinajstić information content (AvgIpc) is 2.47. The summed E-state index contributed by atoms with van der Waals surface area (Å²) in [5, 5.41) is 3.44. The Morgan fingerprint density at radius 1 is 1.00 bits per heavy atom. The molecule has 1 atom stereocenters. The van der Waals surface area contributed by atoms with Crippen molar-refractivity contribution in [1.82, 2.24) is 5.32 Å². The molecule has 1 nitrogen and oxygen atoms in total. The van der Waals surface area contributed by atoms with E-state index in [0.717, 1.165) is 12.3 Å². The van der Waals surface area contributed by atoms with Gasteiger partial charge < -0.3 is 5.32 Å². The van der Waals surface area contributed by atoms with E-state index in [-0.39, 0.29) is 0 Å². The molecule has 2 aromatic carbocycles. The van der Waals surface area contributed by atoms with Crippen LogP contribution in [-0.2, 0) is 5.75 Å². The first-order valence-electron chi connectivity index (χ1n) is 7.20. The average molecular weight is 285 g/mol. The molecule has 0 bridgehead atoms. The van der Waals surface area contributed by atoms with Gasteiger partial charge in [-0.05, 0) is 43.7 Å². The second-order valence-corrected chi connectivity index (χ2v) is 6.17. The summed E-state index contributed by atoms with van der Waals surface area (Å²) in [5.74, 6) is 1.03. The highest BCUT2D eigenvalue weighted by molar-refractivity contribution is 7.98. The molecule has 1 N–H and O–H groups in total. The minimum atomic E-state index is 0.427. The first-order chi connectivity index (χ1) is 9.69. The van der Waals surface area contributed by atoms with E-state index >= 15 is 0 Å². The van der Waals surface area contributed by atoms with Gasteiger partial charge in [-0.25, -0.2) is 0 Å². The van der Waals surface area contributed by atoms with Crippen LogP contribution in [0.5, 0.6) is 0 Å². The van der Waals surface area contributed by atoms with Gasteiger partial charge in [-0.3, -0.25) is 0 Å². The molecule has 0 saturated carbocycles. The molecule has 2 heteroatoms. The van der Waals surface area contributed by atoms with Gasteiger partial charge in [-0.2, -0.15) is 0 Å². The van der Waals surface area contributed by atoms with Crippen molar-refractivity contribution in [2.75, 3.05) is 6.54 Å². The maximum Gasteiger partial charge on any atom is 0.0291 e. The molecule has 2 aromatic rings. The quantitative estimate of drug-likeness (QED) is 0.753. The second-order valence-electron chi connectivity index (χ2n) is 5.12. The van der Waals surface area contributed by atoms with Crippen molar-refractivity contribution in [2.24, 2.45) is 0 Å². The van der Waals surface area contributed by atoms with E-state index in [1.165, 1.54) is 21.6 Å². The zero-order valence-corrected chi connectivity index (χ0v) is 13.3. The molecule has 2 rings (SSSR count). The molecule has 106 valence electrons. The van der Waals surface area contributed by atoms with Crippen molar-refractivity contribution in [1.29, 1.82) is 0 Å². The summed E-state index contributed by atoms with van der Waals surface area (Å²) in [5.41, 5.74) is 4.05. The van der Waals surface area contributed by atoms with E-state index in [1.54, 1.807) is 0 Å². The van der Waals surface area contributed by atoms with Gasteiger partial charge in [0.05, 0.1) is 0 Å². The van der Waals surface area contributed by atoms with Crippen LogP contribution in [-0.4, -0.2) is 6.54 Å². The van der Waals surface area contributed by atoms with Crippen molar-refractivity contribution in [3.05, 3.63) is 65.2 Å². The smallest absolute Gasteiger partial charge is 0.0291 e. The van der Waals surface area contributed by atoms with Crippen LogP contribution in [0.3, 0.4) is 0 Å². The number of hydrogen-bond donors (Lipinski definition) is 1. The van der Waals surface area contributed by atoms with Gasteiger partial charge in [0.25, 0.3) is 0 Å². The van der Waals surface area contributed by atoms with Crippen molar-refractivity contribution >= 4 is 11.8 Å². The van der Waals surface area contributed by atoms with Gasteiger partial charge in [-0.15, -0.1) is 11.8 Å². The third-order valence-corrected chi connectivity index (χ3v) is 4.50. The molecule has 0 aliphatic carbocycles. The molecule has 0 amide bonds. The van der Waals surface area contributed by atoms with Gasteiger partial charge in [0.15, 0.2) is 0 Å². The molecule has 1 unspecified atom stereocenters. The Kier molecular flexibility index (Phi) is 5.69. The van der Waals surface area contributed by atoms with E-state index < -0.39 is 0 Å². The van der Waals surface area contributed by atoms with Crippen LogP contribution in [0, 0.1) is 6.92 Å². The summed E-state index contributed by atoms with van der Waals surface area (Å²) in [7, 11) is 0. The Balaban J connectivity index is 1.92. The highest BCUT2D eigenvalue weighted by atomic mass is 32.2. The third-order valence-electron chi connectivity index (χ3n) is 3.42. The summed E-state index contributed by atoms with van der Waals surface area (Å²) in [4.78, 5) is 1.33. The fourth-order valence-electron chi connectivity index (χ4n) is 2.13. The van der Waals surface area contributed by atoms with Gasteiger partial charge in [-0.1, -0.05) is 48.9 Å². The van der Waals surface area contributed by atoms with Gasteiger partial charge in [0.2, 0.25) is 0 Å². The van der Waals surface area contributed by atoms with Crippen LogP contribution in [0.25, 0.3) is 0 Å². The monoisotopic (exact) mass is 285 g/mol. The summed E-state index contributed by atoms with van der Waals surface area (Å²) >= 11 is 1.89. The van der Waals surface area contributed by atoms with Crippen LogP contribution in [0.1, 0.15) is 36.6 Å². The van der Waals surface area contributed by atoms with E-state index in [0.29, 0.717) is 6.04 Å². The predicted octanol–water partition coefficient (Wildman–Crippen LogP) is 4.96. The van der Waals surface area contributed by atoms with E-state index in [1.807, 2.05) is 11.8 Å². The molecule has 0 aliphatic rings. The van der Waals surface area contributed by atoms with Crippen LogP contribution >= 0.6 is 11.8 Å². The molecule has 0 spiro atoms. The van der Waals surface area contributed by atoms with Gasteiger partial charge in [0.1, 0.15) is 0 Å². The van der Waals surface area contributed by atoms with Crippen LogP contribution in [0.2, 0.25) is 0 Å². The molecule has 20 heavy (non-hydrogen) atoms. The number of hydrogen-bond acceptors (Lipinski definition) is 2. The topological polar surface area (TPSA) is 12.0 Å². The lowest BCUT2D eigenvalue weighted by Crippen LogP contribution is -2.17. The Bertz CT molecular complexity index is 516. The first-order valence-corrected chi connectivity index (χ1v) is 8.19. The largest absolute Gasteiger partial charge is 0.310 e. The van der Waals surface area contributed by atoms with Gasteiger partial charge in [0, 0.05) is 16.7 Å². The Hall–Kier alpha value is -1.25. The van der Waals surface area contributed by atoms with Crippen molar-refractivity contribution in [3.63, 3.8) is 0 Å². The minimum Gasteiger partial charge on any atom is -0.310 e. The molecule has 0 radical (unpaired) electrons. The maximum atomic E-state index is 3.44. The van der Waals surface area contributed by atoms with Crippen LogP contribution in [0.15, 0.2) is 53.4 Å². The lowest BCUT2D eigenvalue weighted by atomic mass is 10.1.